The van der Waals surface area contributed by atoms with Crippen LogP contribution in [0.4, 0.5) is 5.69 Å². The topological polar surface area (TPSA) is 30.5 Å². The quantitative estimate of drug-likeness (QED) is 0.808. The Morgan fingerprint density at radius 1 is 1.24 bits per heavy atom. The molecule has 1 aromatic rings. The minimum atomic E-state index is 0.0254. The van der Waals surface area contributed by atoms with Crippen LogP contribution in [0.25, 0.3) is 0 Å². The van der Waals surface area contributed by atoms with Gasteiger partial charge in [-0.05, 0) is 37.8 Å². The molecule has 0 amide bonds. The number of hydrogen-bond acceptors (Lipinski definition) is 3. The van der Waals surface area contributed by atoms with Gasteiger partial charge in [-0.2, -0.15) is 0 Å². The smallest absolute Gasteiger partial charge is 0.147 e. The zero-order chi connectivity index (χ0) is 11.7. The molecule has 2 aliphatic rings. The van der Waals surface area contributed by atoms with E-state index in [1.54, 1.807) is 7.11 Å². The molecule has 0 unspecified atom stereocenters. The Morgan fingerprint density at radius 2 is 2.06 bits per heavy atom. The number of nitrogens with one attached hydrogen (secondary N) is 1. The highest BCUT2D eigenvalue weighted by atomic mass is 16.5. The van der Waals surface area contributed by atoms with Gasteiger partial charge in [-0.3, -0.25) is 0 Å². The third-order valence-corrected chi connectivity index (χ3v) is 3.88. The lowest BCUT2D eigenvalue weighted by atomic mass is 9.83. The lowest BCUT2D eigenvalue weighted by Gasteiger charge is -2.41. The molecule has 0 radical (unpaired) electrons. The van der Waals surface area contributed by atoms with Crippen LogP contribution in [0.5, 0.6) is 11.5 Å². The predicted molar refractivity (Wildman–Crippen MR) is 67.9 cm³/mol. The number of ether oxygens (including phenoxy) is 2. The van der Waals surface area contributed by atoms with Crippen molar-refractivity contribution in [1.82, 2.24) is 0 Å². The average Bonchev–Trinajstić information content (AvgIpc) is 2.39. The second-order valence-electron chi connectivity index (χ2n) is 5.06. The van der Waals surface area contributed by atoms with Crippen LogP contribution < -0.4 is 14.8 Å². The van der Waals surface area contributed by atoms with Gasteiger partial charge in [-0.25, -0.2) is 0 Å². The van der Waals surface area contributed by atoms with Crippen molar-refractivity contribution in [3.05, 3.63) is 18.2 Å². The fourth-order valence-electron chi connectivity index (χ4n) is 2.86. The highest BCUT2D eigenvalue weighted by Gasteiger charge is 2.37. The largest absolute Gasteiger partial charge is 0.497 e. The molecule has 17 heavy (non-hydrogen) atoms. The summed E-state index contributed by atoms with van der Waals surface area (Å²) in [4.78, 5) is 0. The van der Waals surface area contributed by atoms with Crippen LogP contribution in [-0.4, -0.2) is 19.3 Å². The van der Waals surface area contributed by atoms with E-state index in [1.807, 2.05) is 18.2 Å². The summed E-state index contributed by atoms with van der Waals surface area (Å²) >= 11 is 0. The van der Waals surface area contributed by atoms with E-state index in [1.165, 1.54) is 19.3 Å². The summed E-state index contributed by atoms with van der Waals surface area (Å²) in [5.74, 6) is 1.80. The van der Waals surface area contributed by atoms with Crippen LogP contribution in [0.3, 0.4) is 0 Å². The molecule has 1 N–H and O–H groups in total. The summed E-state index contributed by atoms with van der Waals surface area (Å²) in [6, 6.07) is 5.98. The molecule has 1 aliphatic heterocycles. The number of fused-ring (bicyclic) bond motifs is 1. The third-order valence-electron chi connectivity index (χ3n) is 3.88. The van der Waals surface area contributed by atoms with E-state index in [0.717, 1.165) is 36.6 Å². The Labute approximate surface area is 102 Å². The molecule has 92 valence electrons. The van der Waals surface area contributed by atoms with Gasteiger partial charge in [0.1, 0.15) is 17.1 Å². The molecule has 1 aromatic carbocycles. The lowest BCUT2D eigenvalue weighted by molar-refractivity contribution is 0.0367. The Morgan fingerprint density at radius 3 is 2.82 bits per heavy atom. The Balaban J connectivity index is 1.87. The normalized spacial score (nSPS) is 21.2. The van der Waals surface area contributed by atoms with E-state index in [2.05, 4.69) is 5.32 Å². The van der Waals surface area contributed by atoms with Gasteiger partial charge in [-0.1, -0.05) is 6.42 Å². The van der Waals surface area contributed by atoms with Gasteiger partial charge in [0.15, 0.2) is 0 Å². The standard InChI is InChI=1S/C14H19NO2/c1-16-11-5-6-12-13(9-11)17-14(10-15-12)7-3-2-4-8-14/h5-6,9,15H,2-4,7-8,10H2,1H3. The van der Waals surface area contributed by atoms with Crippen LogP contribution in [0.2, 0.25) is 0 Å². The Hall–Kier alpha value is -1.38. The second kappa shape index (κ2) is 4.13. The van der Waals surface area contributed by atoms with Gasteiger partial charge in [0, 0.05) is 6.07 Å². The number of benzene rings is 1. The minimum Gasteiger partial charge on any atom is -0.497 e. The zero-order valence-corrected chi connectivity index (χ0v) is 10.3. The first-order chi connectivity index (χ1) is 8.31. The van der Waals surface area contributed by atoms with Crippen molar-refractivity contribution in [2.24, 2.45) is 0 Å². The molecule has 0 bridgehead atoms. The average molecular weight is 233 g/mol. The molecule has 1 spiro atoms. The summed E-state index contributed by atoms with van der Waals surface area (Å²) in [5.41, 5.74) is 1.11. The van der Waals surface area contributed by atoms with E-state index in [9.17, 15) is 0 Å². The summed E-state index contributed by atoms with van der Waals surface area (Å²) in [7, 11) is 1.69. The molecule has 1 heterocycles. The molecular weight excluding hydrogens is 214 g/mol. The first kappa shape index (κ1) is 10.8. The maximum Gasteiger partial charge on any atom is 0.147 e. The molecule has 3 rings (SSSR count). The van der Waals surface area contributed by atoms with Crippen LogP contribution in [0.1, 0.15) is 32.1 Å². The molecule has 1 saturated carbocycles. The van der Waals surface area contributed by atoms with Gasteiger partial charge in [0.25, 0.3) is 0 Å². The predicted octanol–water partition coefficient (Wildman–Crippen LogP) is 3.20. The number of anilines is 1. The highest BCUT2D eigenvalue weighted by molar-refractivity contribution is 5.61. The van der Waals surface area contributed by atoms with Gasteiger partial charge in [0.2, 0.25) is 0 Å². The summed E-state index contributed by atoms with van der Waals surface area (Å²) in [6.45, 7) is 0.937. The highest BCUT2D eigenvalue weighted by Crippen LogP contribution is 2.41. The van der Waals surface area contributed by atoms with Crippen LogP contribution in [0, 0.1) is 0 Å². The third kappa shape index (κ3) is 1.94. The lowest BCUT2D eigenvalue weighted by Crippen LogP contribution is -2.47. The molecule has 1 fully saturated rings. The van der Waals surface area contributed by atoms with Crippen molar-refractivity contribution in [2.75, 3.05) is 19.0 Å². The first-order valence-electron chi connectivity index (χ1n) is 6.42. The molecule has 0 aromatic heterocycles. The van der Waals surface area contributed by atoms with E-state index >= 15 is 0 Å². The van der Waals surface area contributed by atoms with Gasteiger partial charge < -0.3 is 14.8 Å². The Kier molecular flexibility index (Phi) is 2.61. The Bertz CT molecular complexity index is 411. The van der Waals surface area contributed by atoms with E-state index in [0.29, 0.717) is 0 Å². The van der Waals surface area contributed by atoms with Crippen molar-refractivity contribution >= 4 is 5.69 Å². The second-order valence-corrected chi connectivity index (χ2v) is 5.06. The molecule has 3 nitrogen and oxygen atoms in total. The fraction of sp³-hybridized carbons (Fsp3) is 0.571. The van der Waals surface area contributed by atoms with Crippen molar-refractivity contribution in [2.45, 2.75) is 37.7 Å². The molecule has 0 atom stereocenters. The fourth-order valence-corrected chi connectivity index (χ4v) is 2.86. The van der Waals surface area contributed by atoms with E-state index in [4.69, 9.17) is 9.47 Å². The maximum atomic E-state index is 6.26. The van der Waals surface area contributed by atoms with Crippen LogP contribution in [0.15, 0.2) is 18.2 Å². The number of hydrogen-bond donors (Lipinski definition) is 1. The SMILES string of the molecule is COc1ccc2c(c1)OC1(CCCCC1)CN2. The minimum absolute atomic E-state index is 0.0254. The van der Waals surface area contributed by atoms with Crippen LogP contribution in [-0.2, 0) is 0 Å². The van der Waals surface area contributed by atoms with Crippen molar-refractivity contribution < 1.29 is 9.47 Å². The molecule has 0 saturated heterocycles. The molecular formula is C14H19NO2. The number of methoxy groups -OCH3 is 1. The van der Waals surface area contributed by atoms with Crippen molar-refractivity contribution in [3.63, 3.8) is 0 Å². The van der Waals surface area contributed by atoms with Gasteiger partial charge in [-0.15, -0.1) is 0 Å². The number of rotatable bonds is 1. The molecule has 3 heteroatoms. The van der Waals surface area contributed by atoms with Crippen LogP contribution >= 0.6 is 0 Å². The van der Waals surface area contributed by atoms with E-state index < -0.39 is 0 Å². The zero-order valence-electron chi connectivity index (χ0n) is 10.3. The summed E-state index contributed by atoms with van der Waals surface area (Å²) in [6.07, 6.45) is 6.23. The first-order valence-corrected chi connectivity index (χ1v) is 6.42. The van der Waals surface area contributed by atoms with Gasteiger partial charge >= 0.3 is 0 Å². The van der Waals surface area contributed by atoms with E-state index in [-0.39, 0.29) is 5.60 Å². The summed E-state index contributed by atoms with van der Waals surface area (Å²) in [5, 5.41) is 3.49. The molecule has 1 aliphatic carbocycles. The van der Waals surface area contributed by atoms with Crippen molar-refractivity contribution in [3.8, 4) is 11.5 Å². The van der Waals surface area contributed by atoms with Crippen molar-refractivity contribution in [1.29, 1.82) is 0 Å². The maximum absolute atomic E-state index is 6.26. The summed E-state index contributed by atoms with van der Waals surface area (Å²) < 4.78 is 11.5. The monoisotopic (exact) mass is 233 g/mol. The van der Waals surface area contributed by atoms with Gasteiger partial charge in [0.05, 0.1) is 19.3 Å².